The minimum Gasteiger partial charge on any atom is -0.495 e. The van der Waals surface area contributed by atoms with E-state index < -0.39 is 22.5 Å². The summed E-state index contributed by atoms with van der Waals surface area (Å²) in [5.41, 5.74) is 1.06. The lowest BCUT2D eigenvalue weighted by atomic mass is 10.2. The molecular formula is C24H24Cl2N2O5S. The zero-order valence-corrected chi connectivity index (χ0v) is 21.0. The van der Waals surface area contributed by atoms with Crippen LogP contribution in [0.1, 0.15) is 5.56 Å². The van der Waals surface area contributed by atoms with Crippen molar-refractivity contribution in [1.29, 1.82) is 0 Å². The molecule has 180 valence electrons. The number of aryl methyl sites for hydroxylation is 1. The minimum atomic E-state index is -4.10. The number of ether oxygens (including phenoxy) is 2. The smallest absolute Gasteiger partial charge is 0.264 e. The molecule has 0 saturated heterocycles. The number of benzene rings is 3. The van der Waals surface area contributed by atoms with Gasteiger partial charge in [-0.25, -0.2) is 8.42 Å². The second kappa shape index (κ2) is 11.5. The van der Waals surface area contributed by atoms with Crippen LogP contribution in [0.25, 0.3) is 0 Å². The number of methoxy groups -OCH3 is 1. The molecule has 0 spiro atoms. The standard InChI is InChI=1S/C24H24Cl2N2O5S/c1-17-3-10-21(11-4-17)34(30,31)28(22-15-19(26)7-12-23(22)32-2)16-24(29)27-13-14-33-20-8-5-18(25)6-9-20/h3-12,15H,13-14,16H2,1-2H3,(H,27,29). The van der Waals surface area contributed by atoms with Crippen molar-refractivity contribution in [2.75, 3.05) is 31.1 Å². The highest BCUT2D eigenvalue weighted by Gasteiger charge is 2.29. The van der Waals surface area contributed by atoms with Crippen LogP contribution in [0, 0.1) is 6.92 Å². The number of hydrogen-bond donors (Lipinski definition) is 1. The molecule has 0 unspecified atom stereocenters. The quantitative estimate of drug-likeness (QED) is 0.390. The molecule has 0 heterocycles. The summed E-state index contributed by atoms with van der Waals surface area (Å²) < 4.78 is 38.9. The summed E-state index contributed by atoms with van der Waals surface area (Å²) >= 11 is 12.0. The summed E-state index contributed by atoms with van der Waals surface area (Å²) in [6.07, 6.45) is 0. The van der Waals surface area contributed by atoms with Crippen LogP contribution >= 0.6 is 23.2 Å². The Morgan fingerprint density at radius 1 is 0.971 bits per heavy atom. The summed E-state index contributed by atoms with van der Waals surface area (Å²) in [5, 5.41) is 3.57. The van der Waals surface area contributed by atoms with Gasteiger partial charge in [0.2, 0.25) is 5.91 Å². The summed E-state index contributed by atoms with van der Waals surface area (Å²) in [5.74, 6) is 0.349. The fourth-order valence-corrected chi connectivity index (χ4v) is 4.79. The van der Waals surface area contributed by atoms with Gasteiger partial charge in [-0.05, 0) is 61.5 Å². The maximum atomic E-state index is 13.5. The van der Waals surface area contributed by atoms with Gasteiger partial charge in [0.25, 0.3) is 10.0 Å². The zero-order chi connectivity index (χ0) is 24.7. The van der Waals surface area contributed by atoms with Crippen molar-refractivity contribution >= 4 is 44.8 Å². The first-order chi connectivity index (χ1) is 16.2. The van der Waals surface area contributed by atoms with Crippen LogP contribution in [-0.4, -0.2) is 41.1 Å². The topological polar surface area (TPSA) is 84.9 Å². The van der Waals surface area contributed by atoms with Crippen LogP contribution in [0.5, 0.6) is 11.5 Å². The monoisotopic (exact) mass is 522 g/mol. The Hall–Kier alpha value is -2.94. The maximum absolute atomic E-state index is 13.5. The van der Waals surface area contributed by atoms with E-state index in [2.05, 4.69) is 5.32 Å². The molecule has 3 aromatic carbocycles. The third-order valence-corrected chi connectivity index (χ3v) is 7.07. The summed E-state index contributed by atoms with van der Waals surface area (Å²) in [7, 11) is -2.69. The second-order valence-electron chi connectivity index (χ2n) is 7.29. The number of sulfonamides is 1. The van der Waals surface area contributed by atoms with E-state index >= 15 is 0 Å². The molecule has 7 nitrogen and oxygen atoms in total. The van der Waals surface area contributed by atoms with E-state index in [4.69, 9.17) is 32.7 Å². The van der Waals surface area contributed by atoms with E-state index in [0.717, 1.165) is 9.87 Å². The van der Waals surface area contributed by atoms with Crippen molar-refractivity contribution in [3.05, 3.63) is 82.3 Å². The molecule has 10 heteroatoms. The average Bonchev–Trinajstić information content (AvgIpc) is 2.81. The Morgan fingerprint density at radius 2 is 1.62 bits per heavy atom. The van der Waals surface area contributed by atoms with Gasteiger partial charge in [-0.3, -0.25) is 9.10 Å². The minimum absolute atomic E-state index is 0.0407. The highest BCUT2D eigenvalue weighted by molar-refractivity contribution is 7.92. The molecule has 0 fully saturated rings. The van der Waals surface area contributed by atoms with Crippen molar-refractivity contribution < 1.29 is 22.7 Å². The number of rotatable bonds is 10. The molecule has 1 N–H and O–H groups in total. The van der Waals surface area contributed by atoms with Crippen molar-refractivity contribution in [3.63, 3.8) is 0 Å². The highest BCUT2D eigenvalue weighted by Crippen LogP contribution is 2.34. The molecule has 0 saturated carbocycles. The van der Waals surface area contributed by atoms with Crippen LogP contribution in [0.15, 0.2) is 71.6 Å². The molecule has 3 aromatic rings. The van der Waals surface area contributed by atoms with Gasteiger partial charge in [-0.15, -0.1) is 0 Å². The number of carbonyl (C=O) groups is 1. The predicted octanol–water partition coefficient (Wildman–Crippen LogP) is 4.70. The zero-order valence-electron chi connectivity index (χ0n) is 18.6. The lowest BCUT2D eigenvalue weighted by Gasteiger charge is -2.26. The molecule has 0 aliphatic heterocycles. The van der Waals surface area contributed by atoms with Gasteiger partial charge in [-0.1, -0.05) is 40.9 Å². The molecule has 34 heavy (non-hydrogen) atoms. The molecule has 0 aromatic heterocycles. The van der Waals surface area contributed by atoms with E-state index in [0.29, 0.717) is 15.8 Å². The highest BCUT2D eigenvalue weighted by atomic mass is 35.5. The van der Waals surface area contributed by atoms with Crippen LogP contribution in [0.3, 0.4) is 0 Å². The number of carbonyl (C=O) groups excluding carboxylic acids is 1. The first-order valence-corrected chi connectivity index (χ1v) is 12.5. The van der Waals surface area contributed by atoms with Gasteiger partial charge in [0.05, 0.1) is 24.2 Å². The number of halogens is 2. The van der Waals surface area contributed by atoms with Gasteiger partial charge in [0.15, 0.2) is 0 Å². The van der Waals surface area contributed by atoms with Crippen molar-refractivity contribution in [2.24, 2.45) is 0 Å². The number of anilines is 1. The van der Waals surface area contributed by atoms with Gasteiger partial charge in [0, 0.05) is 10.0 Å². The van der Waals surface area contributed by atoms with Crippen LogP contribution in [0.2, 0.25) is 10.0 Å². The molecule has 0 bridgehead atoms. The third kappa shape index (κ3) is 6.56. The Labute approximate surface area is 209 Å². The van der Waals surface area contributed by atoms with Crippen LogP contribution in [0.4, 0.5) is 5.69 Å². The molecular weight excluding hydrogens is 499 g/mol. The van der Waals surface area contributed by atoms with Crippen molar-refractivity contribution in [3.8, 4) is 11.5 Å². The molecule has 1 amide bonds. The van der Waals surface area contributed by atoms with E-state index in [1.807, 2.05) is 6.92 Å². The molecule has 0 radical (unpaired) electrons. The number of amides is 1. The van der Waals surface area contributed by atoms with Gasteiger partial charge in [-0.2, -0.15) is 0 Å². The SMILES string of the molecule is COc1ccc(Cl)cc1N(CC(=O)NCCOc1ccc(Cl)cc1)S(=O)(=O)c1ccc(C)cc1. The van der Waals surface area contributed by atoms with Gasteiger partial charge < -0.3 is 14.8 Å². The largest absolute Gasteiger partial charge is 0.495 e. The molecule has 0 aliphatic rings. The third-order valence-electron chi connectivity index (χ3n) is 4.81. The fraction of sp³-hybridized carbons (Fsp3) is 0.208. The normalized spacial score (nSPS) is 11.1. The summed E-state index contributed by atoms with van der Waals surface area (Å²) in [4.78, 5) is 12.8. The first-order valence-electron chi connectivity index (χ1n) is 10.3. The van der Waals surface area contributed by atoms with Gasteiger partial charge >= 0.3 is 0 Å². The molecule has 0 atom stereocenters. The Balaban J connectivity index is 1.78. The Kier molecular flexibility index (Phi) is 8.66. The Morgan fingerprint density at radius 3 is 2.26 bits per heavy atom. The molecule has 0 aliphatic carbocycles. The lowest BCUT2D eigenvalue weighted by molar-refractivity contribution is -0.119. The van der Waals surface area contributed by atoms with E-state index in [1.54, 1.807) is 48.5 Å². The van der Waals surface area contributed by atoms with Crippen molar-refractivity contribution in [2.45, 2.75) is 11.8 Å². The van der Waals surface area contributed by atoms with Crippen LogP contribution in [-0.2, 0) is 14.8 Å². The van der Waals surface area contributed by atoms with E-state index in [-0.39, 0.29) is 29.5 Å². The van der Waals surface area contributed by atoms with E-state index in [9.17, 15) is 13.2 Å². The Bertz CT molecular complexity index is 1230. The lowest BCUT2D eigenvalue weighted by Crippen LogP contribution is -2.42. The first kappa shape index (κ1) is 25.7. The number of nitrogens with zero attached hydrogens (tertiary/aromatic N) is 1. The van der Waals surface area contributed by atoms with E-state index in [1.165, 1.54) is 25.3 Å². The maximum Gasteiger partial charge on any atom is 0.264 e. The van der Waals surface area contributed by atoms with Gasteiger partial charge in [0.1, 0.15) is 24.7 Å². The average molecular weight is 523 g/mol. The number of hydrogen-bond acceptors (Lipinski definition) is 5. The van der Waals surface area contributed by atoms with Crippen molar-refractivity contribution in [1.82, 2.24) is 5.32 Å². The number of nitrogens with one attached hydrogen (secondary N) is 1. The van der Waals surface area contributed by atoms with Crippen LogP contribution < -0.4 is 19.1 Å². The second-order valence-corrected chi connectivity index (χ2v) is 10.0. The summed E-state index contributed by atoms with van der Waals surface area (Å²) in [6, 6.07) is 17.8. The fourth-order valence-electron chi connectivity index (χ4n) is 3.07. The summed E-state index contributed by atoms with van der Waals surface area (Å²) in [6.45, 7) is 1.74. The predicted molar refractivity (Wildman–Crippen MR) is 134 cm³/mol. The molecule has 3 rings (SSSR count).